The molecule has 0 spiro atoms. The molecule has 0 amide bonds. The van der Waals surface area contributed by atoms with Crippen molar-refractivity contribution in [3.8, 4) is 5.88 Å². The molecule has 6 heteroatoms. The van der Waals surface area contributed by atoms with Crippen molar-refractivity contribution in [3.05, 3.63) is 44.9 Å². The molecule has 0 radical (unpaired) electrons. The highest BCUT2D eigenvalue weighted by molar-refractivity contribution is 7.09. The maximum atomic E-state index is 11.6. The second-order valence-corrected chi connectivity index (χ2v) is 5.05. The van der Waals surface area contributed by atoms with Gasteiger partial charge in [-0.15, -0.1) is 16.4 Å². The van der Waals surface area contributed by atoms with Gasteiger partial charge >= 0.3 is 0 Å². The molecule has 1 N–H and O–H groups in total. The lowest BCUT2D eigenvalue weighted by molar-refractivity contribution is 0.374. The Morgan fingerprint density at radius 1 is 1.37 bits per heavy atom. The number of thiophene rings is 1. The third-order valence-corrected chi connectivity index (χ3v) is 3.62. The van der Waals surface area contributed by atoms with Crippen LogP contribution in [0.2, 0.25) is 0 Å². The Kier molecular flexibility index (Phi) is 5.11. The van der Waals surface area contributed by atoms with E-state index in [4.69, 9.17) is 4.74 Å². The number of hydrogen-bond donors (Lipinski definition) is 1. The largest absolute Gasteiger partial charge is 0.480 e. The number of ether oxygens (including phenoxy) is 1. The zero-order valence-corrected chi connectivity index (χ0v) is 11.7. The van der Waals surface area contributed by atoms with Gasteiger partial charge in [0.05, 0.1) is 13.7 Å². The van der Waals surface area contributed by atoms with Gasteiger partial charge in [-0.2, -0.15) is 0 Å². The lowest BCUT2D eigenvalue weighted by atomic mass is 10.3. The summed E-state index contributed by atoms with van der Waals surface area (Å²) in [6.07, 6.45) is 1.01. The lowest BCUT2D eigenvalue weighted by Crippen LogP contribution is -2.29. The molecule has 0 aliphatic heterocycles. The molecular weight excluding hydrogens is 262 g/mol. The number of aromatic nitrogens is 2. The van der Waals surface area contributed by atoms with Gasteiger partial charge < -0.3 is 10.1 Å². The van der Waals surface area contributed by atoms with Crippen LogP contribution in [0.3, 0.4) is 0 Å². The average Bonchev–Trinajstić information content (AvgIpc) is 2.93. The van der Waals surface area contributed by atoms with Crippen molar-refractivity contribution in [1.29, 1.82) is 0 Å². The Hall–Kier alpha value is -1.66. The Morgan fingerprint density at radius 2 is 2.26 bits per heavy atom. The van der Waals surface area contributed by atoms with Crippen LogP contribution in [0.1, 0.15) is 4.88 Å². The predicted octanol–water partition coefficient (Wildman–Crippen LogP) is 1.15. The van der Waals surface area contributed by atoms with Crippen LogP contribution in [0.15, 0.2) is 34.4 Å². The second kappa shape index (κ2) is 7.06. The fourth-order valence-electron chi connectivity index (χ4n) is 1.68. The molecular formula is C13H17N3O2S. The third kappa shape index (κ3) is 4.18. The first-order chi connectivity index (χ1) is 9.29. The molecule has 2 aromatic rings. The Labute approximate surface area is 115 Å². The monoisotopic (exact) mass is 279 g/mol. The highest BCUT2D eigenvalue weighted by atomic mass is 32.1. The fraction of sp³-hybridized carbons (Fsp3) is 0.385. The summed E-state index contributed by atoms with van der Waals surface area (Å²) in [5, 5.41) is 9.46. The number of rotatable bonds is 7. The molecule has 0 saturated carbocycles. The summed E-state index contributed by atoms with van der Waals surface area (Å²) in [6, 6.07) is 7.22. The SMILES string of the molecule is COc1ccc(=O)n(CCNCCc2cccs2)n1. The first-order valence-corrected chi connectivity index (χ1v) is 7.03. The van der Waals surface area contributed by atoms with Gasteiger partial charge in [0.2, 0.25) is 5.88 Å². The molecule has 0 aromatic carbocycles. The van der Waals surface area contributed by atoms with E-state index in [1.54, 1.807) is 17.4 Å². The van der Waals surface area contributed by atoms with Crippen LogP contribution in [0.4, 0.5) is 0 Å². The van der Waals surface area contributed by atoms with E-state index < -0.39 is 0 Å². The maximum absolute atomic E-state index is 11.6. The van der Waals surface area contributed by atoms with Crippen LogP contribution in [-0.2, 0) is 13.0 Å². The topological polar surface area (TPSA) is 56.1 Å². The van der Waals surface area contributed by atoms with Gasteiger partial charge in [-0.1, -0.05) is 6.07 Å². The van der Waals surface area contributed by atoms with Crippen LogP contribution in [0.5, 0.6) is 5.88 Å². The number of hydrogen-bond acceptors (Lipinski definition) is 5. The normalized spacial score (nSPS) is 10.6. The molecule has 2 aromatic heterocycles. The smallest absolute Gasteiger partial charge is 0.267 e. The molecule has 0 saturated heterocycles. The molecule has 0 aliphatic rings. The van der Waals surface area contributed by atoms with E-state index in [1.165, 1.54) is 22.7 Å². The minimum atomic E-state index is -0.110. The van der Waals surface area contributed by atoms with Crippen molar-refractivity contribution in [2.75, 3.05) is 20.2 Å². The molecule has 0 unspecified atom stereocenters. The van der Waals surface area contributed by atoms with Gasteiger partial charge in [0.1, 0.15) is 0 Å². The van der Waals surface area contributed by atoms with Crippen molar-refractivity contribution >= 4 is 11.3 Å². The molecule has 19 heavy (non-hydrogen) atoms. The minimum absolute atomic E-state index is 0.110. The zero-order chi connectivity index (χ0) is 13.5. The van der Waals surface area contributed by atoms with Crippen LogP contribution in [0.25, 0.3) is 0 Å². The lowest BCUT2D eigenvalue weighted by Gasteiger charge is -2.07. The Bertz CT molecular complexity index is 551. The van der Waals surface area contributed by atoms with Gasteiger partial charge in [0, 0.05) is 30.1 Å². The summed E-state index contributed by atoms with van der Waals surface area (Å²) < 4.78 is 6.41. The summed E-state index contributed by atoms with van der Waals surface area (Å²) in [5.41, 5.74) is -0.110. The van der Waals surface area contributed by atoms with E-state index in [0.29, 0.717) is 19.0 Å². The van der Waals surface area contributed by atoms with E-state index >= 15 is 0 Å². The molecule has 2 rings (SSSR count). The number of methoxy groups -OCH3 is 1. The van der Waals surface area contributed by atoms with E-state index in [2.05, 4.69) is 27.9 Å². The summed E-state index contributed by atoms with van der Waals surface area (Å²) in [5.74, 6) is 0.457. The zero-order valence-electron chi connectivity index (χ0n) is 10.8. The Balaban J connectivity index is 1.74. The van der Waals surface area contributed by atoms with E-state index in [0.717, 1.165) is 13.0 Å². The quantitative estimate of drug-likeness (QED) is 0.772. The van der Waals surface area contributed by atoms with Crippen molar-refractivity contribution in [3.63, 3.8) is 0 Å². The average molecular weight is 279 g/mol. The molecule has 0 aliphatic carbocycles. The van der Waals surface area contributed by atoms with E-state index in [9.17, 15) is 4.79 Å². The molecule has 0 atom stereocenters. The van der Waals surface area contributed by atoms with Crippen molar-refractivity contribution in [1.82, 2.24) is 15.1 Å². The van der Waals surface area contributed by atoms with Crippen molar-refractivity contribution in [2.45, 2.75) is 13.0 Å². The van der Waals surface area contributed by atoms with E-state index in [1.807, 2.05) is 0 Å². The van der Waals surface area contributed by atoms with E-state index in [-0.39, 0.29) is 5.56 Å². The van der Waals surface area contributed by atoms with Gasteiger partial charge in [0.15, 0.2) is 0 Å². The van der Waals surface area contributed by atoms with Crippen LogP contribution in [0, 0.1) is 0 Å². The van der Waals surface area contributed by atoms with Gasteiger partial charge in [0.25, 0.3) is 5.56 Å². The summed E-state index contributed by atoms with van der Waals surface area (Å²) in [4.78, 5) is 12.9. The minimum Gasteiger partial charge on any atom is -0.480 e. The standard InChI is InChI=1S/C13H17N3O2S/c1-18-12-4-5-13(17)16(15-12)9-8-14-7-6-11-3-2-10-19-11/h2-5,10,14H,6-9H2,1H3. The van der Waals surface area contributed by atoms with Crippen molar-refractivity contribution < 1.29 is 4.74 Å². The summed E-state index contributed by atoms with van der Waals surface area (Å²) in [7, 11) is 1.54. The summed E-state index contributed by atoms with van der Waals surface area (Å²) >= 11 is 1.76. The van der Waals surface area contributed by atoms with Crippen LogP contribution >= 0.6 is 11.3 Å². The van der Waals surface area contributed by atoms with Crippen LogP contribution < -0.4 is 15.6 Å². The van der Waals surface area contributed by atoms with Gasteiger partial charge in [-0.05, 0) is 17.9 Å². The molecule has 0 bridgehead atoms. The first kappa shape index (κ1) is 13.8. The second-order valence-electron chi connectivity index (χ2n) is 4.02. The molecule has 0 fully saturated rings. The predicted molar refractivity (Wildman–Crippen MR) is 75.9 cm³/mol. The number of nitrogens with zero attached hydrogens (tertiary/aromatic N) is 2. The molecule has 102 valence electrons. The number of nitrogens with one attached hydrogen (secondary N) is 1. The van der Waals surface area contributed by atoms with Gasteiger partial charge in [-0.3, -0.25) is 4.79 Å². The molecule has 5 nitrogen and oxygen atoms in total. The third-order valence-electron chi connectivity index (χ3n) is 2.68. The van der Waals surface area contributed by atoms with Gasteiger partial charge in [-0.25, -0.2) is 4.68 Å². The molecule has 2 heterocycles. The maximum Gasteiger partial charge on any atom is 0.267 e. The highest BCUT2D eigenvalue weighted by Gasteiger charge is 2.00. The summed E-state index contributed by atoms with van der Waals surface area (Å²) in [6.45, 7) is 2.16. The van der Waals surface area contributed by atoms with Crippen LogP contribution in [-0.4, -0.2) is 30.0 Å². The highest BCUT2D eigenvalue weighted by Crippen LogP contribution is 2.07. The Morgan fingerprint density at radius 3 is 3.00 bits per heavy atom. The van der Waals surface area contributed by atoms with Crippen molar-refractivity contribution in [2.24, 2.45) is 0 Å². The first-order valence-electron chi connectivity index (χ1n) is 6.15. The fourth-order valence-corrected chi connectivity index (χ4v) is 2.38.